The lowest BCUT2D eigenvalue weighted by molar-refractivity contribution is -0.128. The van der Waals surface area contributed by atoms with Gasteiger partial charge in [-0.2, -0.15) is 5.10 Å². The number of ether oxygens (including phenoxy) is 1. The highest BCUT2D eigenvalue weighted by atomic mass is 16.5. The van der Waals surface area contributed by atoms with Gasteiger partial charge in [-0.05, 0) is 19.9 Å². The molecule has 0 radical (unpaired) electrons. The number of likely N-dealkylation sites (N-methyl/N-ethyl adjacent to an activating group) is 1. The van der Waals surface area contributed by atoms with E-state index in [0.29, 0.717) is 17.3 Å². The molecule has 0 aliphatic carbocycles. The van der Waals surface area contributed by atoms with Crippen molar-refractivity contribution < 1.29 is 14.3 Å². The smallest absolute Gasteiger partial charge is 0.360 e. The number of amides is 1. The van der Waals surface area contributed by atoms with E-state index in [2.05, 4.69) is 10.4 Å². The monoisotopic (exact) mass is 303 g/mol. The third-order valence-corrected chi connectivity index (χ3v) is 3.15. The van der Waals surface area contributed by atoms with Crippen LogP contribution >= 0.6 is 0 Å². The van der Waals surface area contributed by atoms with Gasteiger partial charge in [0.15, 0.2) is 11.8 Å². The molecular formula is C15H17N3O4. The number of hydrogen-bond acceptors (Lipinski definition) is 5. The zero-order valence-electron chi connectivity index (χ0n) is 12.6. The summed E-state index contributed by atoms with van der Waals surface area (Å²) in [6, 6.07) is 6.64. The van der Waals surface area contributed by atoms with Crippen LogP contribution in [0.3, 0.4) is 0 Å². The summed E-state index contributed by atoms with van der Waals surface area (Å²) >= 11 is 0. The van der Waals surface area contributed by atoms with Crippen LogP contribution in [-0.4, -0.2) is 34.3 Å². The molecule has 1 amide bonds. The Hall–Kier alpha value is -2.70. The zero-order valence-corrected chi connectivity index (χ0v) is 12.6. The number of fused-ring (bicyclic) bond motifs is 1. The number of esters is 1. The van der Waals surface area contributed by atoms with E-state index in [1.165, 1.54) is 14.0 Å². The van der Waals surface area contributed by atoms with E-state index in [1.54, 1.807) is 31.2 Å². The number of nitrogens with zero attached hydrogens (tertiary/aromatic N) is 2. The molecule has 116 valence electrons. The number of nitrogens with one attached hydrogen (secondary N) is 1. The van der Waals surface area contributed by atoms with E-state index >= 15 is 0 Å². The molecule has 1 aromatic carbocycles. The first-order valence-electron chi connectivity index (χ1n) is 6.90. The van der Waals surface area contributed by atoms with Crippen LogP contribution in [0.2, 0.25) is 0 Å². The Labute approximate surface area is 126 Å². The number of carbonyl (C=O) groups excluding carboxylic acids is 2. The molecule has 7 nitrogen and oxygen atoms in total. The minimum atomic E-state index is -0.940. The average molecular weight is 303 g/mol. The zero-order chi connectivity index (χ0) is 16.3. The SMILES string of the molecule is CCNC(=O)[C@H](C)OC(=O)c1nn(C)c(=O)c2ccccc12. The van der Waals surface area contributed by atoms with Gasteiger partial charge in [0.05, 0.1) is 5.39 Å². The highest BCUT2D eigenvalue weighted by Gasteiger charge is 2.22. The molecule has 0 bridgehead atoms. The third kappa shape index (κ3) is 2.98. The second-order valence-corrected chi connectivity index (χ2v) is 4.77. The first-order chi connectivity index (χ1) is 10.5. The first kappa shape index (κ1) is 15.7. The summed E-state index contributed by atoms with van der Waals surface area (Å²) in [5, 5.41) is 7.30. The molecule has 7 heteroatoms. The Bertz CT molecular complexity index is 782. The summed E-state index contributed by atoms with van der Waals surface area (Å²) < 4.78 is 6.20. The summed E-state index contributed by atoms with van der Waals surface area (Å²) in [5.74, 6) is -1.13. The molecule has 2 aromatic rings. The molecule has 0 unspecified atom stereocenters. The maximum atomic E-state index is 12.3. The first-order valence-corrected chi connectivity index (χ1v) is 6.90. The summed E-state index contributed by atoms with van der Waals surface area (Å²) in [4.78, 5) is 35.9. The Kier molecular flexibility index (Phi) is 4.55. The van der Waals surface area contributed by atoms with E-state index in [4.69, 9.17) is 4.74 Å². The fourth-order valence-electron chi connectivity index (χ4n) is 2.04. The molecular weight excluding hydrogens is 286 g/mol. The summed E-state index contributed by atoms with van der Waals surface area (Å²) in [6.45, 7) is 3.70. The van der Waals surface area contributed by atoms with E-state index in [1.807, 2.05) is 0 Å². The van der Waals surface area contributed by atoms with Gasteiger partial charge < -0.3 is 10.1 Å². The minimum Gasteiger partial charge on any atom is -0.448 e. The molecule has 0 fully saturated rings. The molecule has 0 saturated heterocycles. The van der Waals surface area contributed by atoms with Crippen LogP contribution in [0.15, 0.2) is 29.1 Å². The number of aryl methyl sites for hydroxylation is 1. The number of benzene rings is 1. The Morgan fingerprint density at radius 2 is 1.95 bits per heavy atom. The predicted molar refractivity (Wildman–Crippen MR) is 80.5 cm³/mol. The highest BCUT2D eigenvalue weighted by molar-refractivity contribution is 6.02. The van der Waals surface area contributed by atoms with E-state index in [-0.39, 0.29) is 17.2 Å². The van der Waals surface area contributed by atoms with Crippen molar-refractivity contribution in [2.24, 2.45) is 7.05 Å². The van der Waals surface area contributed by atoms with Crippen LogP contribution in [0, 0.1) is 0 Å². The van der Waals surface area contributed by atoms with Crippen molar-refractivity contribution in [3.8, 4) is 0 Å². The second-order valence-electron chi connectivity index (χ2n) is 4.77. The maximum Gasteiger partial charge on any atom is 0.360 e. The van der Waals surface area contributed by atoms with Crippen LogP contribution in [0.1, 0.15) is 24.3 Å². The van der Waals surface area contributed by atoms with Crippen molar-refractivity contribution in [3.05, 3.63) is 40.3 Å². The molecule has 0 saturated carbocycles. The lowest BCUT2D eigenvalue weighted by Gasteiger charge is -2.13. The Morgan fingerprint density at radius 3 is 2.59 bits per heavy atom. The largest absolute Gasteiger partial charge is 0.448 e. The number of carbonyl (C=O) groups is 2. The van der Waals surface area contributed by atoms with Gasteiger partial charge in [-0.3, -0.25) is 9.59 Å². The van der Waals surface area contributed by atoms with Crippen molar-refractivity contribution in [1.82, 2.24) is 15.1 Å². The Balaban J connectivity index is 2.39. The summed E-state index contributed by atoms with van der Waals surface area (Å²) in [7, 11) is 1.46. The molecule has 1 heterocycles. The molecule has 0 spiro atoms. The van der Waals surface area contributed by atoms with Crippen LogP contribution in [-0.2, 0) is 16.6 Å². The summed E-state index contributed by atoms with van der Waals surface area (Å²) in [6.07, 6.45) is -0.940. The van der Waals surface area contributed by atoms with Gasteiger partial charge >= 0.3 is 5.97 Å². The number of aromatic nitrogens is 2. The van der Waals surface area contributed by atoms with E-state index in [9.17, 15) is 14.4 Å². The van der Waals surface area contributed by atoms with Gasteiger partial charge in [0.1, 0.15) is 0 Å². The number of hydrogen-bond donors (Lipinski definition) is 1. The van der Waals surface area contributed by atoms with Crippen LogP contribution < -0.4 is 10.9 Å². The van der Waals surface area contributed by atoms with Crippen LogP contribution in [0.5, 0.6) is 0 Å². The fraction of sp³-hybridized carbons (Fsp3) is 0.333. The topological polar surface area (TPSA) is 90.3 Å². The van der Waals surface area contributed by atoms with Crippen molar-refractivity contribution in [3.63, 3.8) is 0 Å². The average Bonchev–Trinajstić information content (AvgIpc) is 2.51. The van der Waals surface area contributed by atoms with Crippen LogP contribution in [0.4, 0.5) is 0 Å². The molecule has 0 aliphatic rings. The van der Waals surface area contributed by atoms with Crippen LogP contribution in [0.25, 0.3) is 10.8 Å². The van der Waals surface area contributed by atoms with Crippen molar-refractivity contribution >= 4 is 22.6 Å². The van der Waals surface area contributed by atoms with Crippen molar-refractivity contribution in [2.45, 2.75) is 20.0 Å². The molecule has 1 atom stereocenters. The minimum absolute atomic E-state index is 0.00819. The molecule has 1 N–H and O–H groups in total. The predicted octanol–water partition coefficient (Wildman–Crippen LogP) is 0.615. The van der Waals surface area contributed by atoms with Gasteiger partial charge in [0.2, 0.25) is 0 Å². The molecule has 0 aliphatic heterocycles. The lowest BCUT2D eigenvalue weighted by Crippen LogP contribution is -2.36. The standard InChI is InChI=1S/C15H17N3O4/c1-4-16-13(19)9(2)22-15(21)12-10-7-5-6-8-11(10)14(20)18(3)17-12/h5-9H,4H2,1-3H3,(H,16,19)/t9-/m0/s1. The summed E-state index contributed by atoms with van der Waals surface area (Å²) in [5.41, 5.74) is -0.294. The van der Waals surface area contributed by atoms with E-state index in [0.717, 1.165) is 4.68 Å². The van der Waals surface area contributed by atoms with Crippen molar-refractivity contribution in [2.75, 3.05) is 6.54 Å². The van der Waals surface area contributed by atoms with Gasteiger partial charge in [-0.15, -0.1) is 0 Å². The van der Waals surface area contributed by atoms with Crippen molar-refractivity contribution in [1.29, 1.82) is 0 Å². The second kappa shape index (κ2) is 6.38. The number of rotatable bonds is 4. The lowest BCUT2D eigenvalue weighted by atomic mass is 10.1. The van der Waals surface area contributed by atoms with Gasteiger partial charge in [-0.1, -0.05) is 18.2 Å². The van der Waals surface area contributed by atoms with Gasteiger partial charge in [0, 0.05) is 19.0 Å². The molecule has 1 aromatic heterocycles. The maximum absolute atomic E-state index is 12.3. The Morgan fingerprint density at radius 1 is 1.32 bits per heavy atom. The molecule has 22 heavy (non-hydrogen) atoms. The fourth-order valence-corrected chi connectivity index (χ4v) is 2.04. The van der Waals surface area contributed by atoms with Gasteiger partial charge in [-0.25, -0.2) is 9.48 Å². The normalized spacial score (nSPS) is 12.0. The highest BCUT2D eigenvalue weighted by Crippen LogP contribution is 2.14. The van der Waals surface area contributed by atoms with E-state index < -0.39 is 12.1 Å². The quantitative estimate of drug-likeness (QED) is 0.836. The molecule has 2 rings (SSSR count). The van der Waals surface area contributed by atoms with Gasteiger partial charge in [0.25, 0.3) is 11.5 Å². The third-order valence-electron chi connectivity index (χ3n) is 3.15.